The molecule has 0 radical (unpaired) electrons. The molecule has 0 atom stereocenters. The molecule has 0 amide bonds. The molecule has 1 aromatic rings. The zero-order valence-corrected chi connectivity index (χ0v) is 10.8. The lowest BCUT2D eigenvalue weighted by Crippen LogP contribution is -2.27. The maximum atomic E-state index is 12.3. The summed E-state index contributed by atoms with van der Waals surface area (Å²) in [6.45, 7) is 1.50. The van der Waals surface area contributed by atoms with Gasteiger partial charge in [-0.15, -0.1) is 0 Å². The summed E-state index contributed by atoms with van der Waals surface area (Å²) >= 11 is 0. The van der Waals surface area contributed by atoms with Gasteiger partial charge in [-0.1, -0.05) is 0 Å². The highest BCUT2D eigenvalue weighted by atomic mass is 32.2. The smallest absolute Gasteiger partial charge is 0.186 e. The molecule has 1 fully saturated rings. The van der Waals surface area contributed by atoms with Crippen molar-refractivity contribution in [3.8, 4) is 5.75 Å². The fraction of sp³-hybridized carbons (Fsp3) is 0.500. The Bertz CT molecular complexity index is 529. The van der Waals surface area contributed by atoms with Crippen LogP contribution in [-0.4, -0.2) is 32.0 Å². The molecule has 1 aliphatic carbocycles. The molecule has 0 spiro atoms. The molecule has 0 heterocycles. The van der Waals surface area contributed by atoms with E-state index in [0.717, 1.165) is 5.56 Å². The van der Waals surface area contributed by atoms with Gasteiger partial charge in [-0.2, -0.15) is 0 Å². The average molecular weight is 256 g/mol. The zero-order valence-electron chi connectivity index (χ0n) is 9.93. The lowest BCUT2D eigenvalue weighted by Gasteiger charge is -2.14. The van der Waals surface area contributed by atoms with E-state index in [1.165, 1.54) is 6.07 Å². The topological polar surface area (TPSA) is 63.6 Å². The Kier molecular flexibility index (Phi) is 2.91. The van der Waals surface area contributed by atoms with E-state index in [2.05, 4.69) is 0 Å². The van der Waals surface area contributed by atoms with Gasteiger partial charge in [-0.3, -0.25) is 0 Å². The zero-order chi connectivity index (χ0) is 12.7. The van der Waals surface area contributed by atoms with Gasteiger partial charge in [0.05, 0.1) is 23.4 Å². The number of methoxy groups -OCH3 is 1. The minimum absolute atomic E-state index is 0.266. The Balaban J connectivity index is 2.45. The van der Waals surface area contributed by atoms with E-state index in [9.17, 15) is 13.5 Å². The van der Waals surface area contributed by atoms with Crippen LogP contribution in [-0.2, 0) is 9.84 Å². The number of aliphatic hydroxyl groups excluding tert-OH is 1. The SMILES string of the molecule is COc1ccc(S(=O)(=O)C2(CO)CC2)cc1C. The van der Waals surface area contributed by atoms with Crippen molar-refractivity contribution in [3.05, 3.63) is 23.8 Å². The Morgan fingerprint density at radius 1 is 1.41 bits per heavy atom. The van der Waals surface area contributed by atoms with E-state index >= 15 is 0 Å². The molecule has 4 nitrogen and oxygen atoms in total. The first-order valence-electron chi connectivity index (χ1n) is 5.47. The number of ether oxygens (including phenoxy) is 1. The van der Waals surface area contributed by atoms with Gasteiger partial charge >= 0.3 is 0 Å². The third-order valence-electron chi connectivity index (χ3n) is 3.34. The highest BCUT2D eigenvalue weighted by Gasteiger charge is 2.54. The Morgan fingerprint density at radius 3 is 2.47 bits per heavy atom. The summed E-state index contributed by atoms with van der Waals surface area (Å²) in [4.78, 5) is 0.266. The van der Waals surface area contributed by atoms with Crippen LogP contribution in [0.3, 0.4) is 0 Å². The first-order chi connectivity index (χ1) is 7.97. The number of benzene rings is 1. The lowest BCUT2D eigenvalue weighted by molar-refractivity contribution is 0.283. The number of aliphatic hydroxyl groups is 1. The van der Waals surface area contributed by atoms with Gasteiger partial charge in [0.2, 0.25) is 0 Å². The van der Waals surface area contributed by atoms with Gasteiger partial charge < -0.3 is 9.84 Å². The summed E-state index contributed by atoms with van der Waals surface area (Å²) < 4.78 is 28.8. The van der Waals surface area contributed by atoms with Crippen LogP contribution in [0.4, 0.5) is 0 Å². The largest absolute Gasteiger partial charge is 0.496 e. The minimum Gasteiger partial charge on any atom is -0.496 e. The van der Waals surface area contributed by atoms with Crippen molar-refractivity contribution in [2.24, 2.45) is 0 Å². The van der Waals surface area contributed by atoms with Gasteiger partial charge in [0.1, 0.15) is 5.75 Å². The van der Waals surface area contributed by atoms with Crippen molar-refractivity contribution in [3.63, 3.8) is 0 Å². The van der Waals surface area contributed by atoms with Crippen LogP contribution in [0, 0.1) is 6.92 Å². The maximum Gasteiger partial charge on any atom is 0.186 e. The summed E-state index contributed by atoms with van der Waals surface area (Å²) in [5, 5.41) is 9.22. The molecule has 2 rings (SSSR count). The van der Waals surface area contributed by atoms with Crippen molar-refractivity contribution in [1.29, 1.82) is 0 Å². The van der Waals surface area contributed by atoms with Gasteiger partial charge in [-0.25, -0.2) is 8.42 Å². The van der Waals surface area contributed by atoms with Crippen LogP contribution >= 0.6 is 0 Å². The van der Waals surface area contributed by atoms with E-state index < -0.39 is 14.6 Å². The second-order valence-electron chi connectivity index (χ2n) is 4.48. The summed E-state index contributed by atoms with van der Waals surface area (Å²) in [5.41, 5.74) is 0.780. The summed E-state index contributed by atoms with van der Waals surface area (Å²) in [7, 11) is -1.88. The number of hydrogen-bond acceptors (Lipinski definition) is 4. The predicted octanol–water partition coefficient (Wildman–Crippen LogP) is 1.30. The Hall–Kier alpha value is -1.07. The molecule has 0 aliphatic heterocycles. The fourth-order valence-electron chi connectivity index (χ4n) is 1.92. The molecule has 1 aliphatic rings. The second kappa shape index (κ2) is 3.99. The summed E-state index contributed by atoms with van der Waals surface area (Å²) in [6.07, 6.45) is 1.08. The Labute approximate surface area is 101 Å². The highest BCUT2D eigenvalue weighted by Crippen LogP contribution is 2.46. The highest BCUT2D eigenvalue weighted by molar-refractivity contribution is 7.93. The third kappa shape index (κ3) is 1.83. The quantitative estimate of drug-likeness (QED) is 0.882. The van der Waals surface area contributed by atoms with Crippen molar-refractivity contribution in [2.45, 2.75) is 29.4 Å². The first-order valence-corrected chi connectivity index (χ1v) is 6.95. The fourth-order valence-corrected chi connectivity index (χ4v) is 3.81. The second-order valence-corrected chi connectivity index (χ2v) is 6.82. The molecule has 0 unspecified atom stereocenters. The normalized spacial score (nSPS) is 17.8. The molecule has 1 N–H and O–H groups in total. The molecule has 1 saturated carbocycles. The molecular formula is C12H16O4S. The Morgan fingerprint density at radius 2 is 2.06 bits per heavy atom. The monoisotopic (exact) mass is 256 g/mol. The van der Waals surface area contributed by atoms with Gasteiger partial charge in [0, 0.05) is 0 Å². The van der Waals surface area contributed by atoms with Crippen molar-refractivity contribution < 1.29 is 18.3 Å². The van der Waals surface area contributed by atoms with E-state index in [4.69, 9.17) is 4.74 Å². The van der Waals surface area contributed by atoms with E-state index in [0.29, 0.717) is 18.6 Å². The van der Waals surface area contributed by atoms with Gasteiger partial charge in [0.25, 0.3) is 0 Å². The lowest BCUT2D eigenvalue weighted by atomic mass is 10.2. The van der Waals surface area contributed by atoms with Gasteiger partial charge in [0.15, 0.2) is 9.84 Å². The van der Waals surface area contributed by atoms with Crippen LogP contribution in [0.1, 0.15) is 18.4 Å². The standard InChI is InChI=1S/C12H16O4S/c1-9-7-10(3-4-11(9)16-2)17(14,15)12(8-13)5-6-12/h3-4,7,13H,5-6,8H2,1-2H3. The van der Waals surface area contributed by atoms with E-state index in [1.807, 2.05) is 0 Å². The van der Waals surface area contributed by atoms with Crippen LogP contribution in [0.2, 0.25) is 0 Å². The minimum atomic E-state index is -3.43. The van der Waals surface area contributed by atoms with Crippen LogP contribution in [0.15, 0.2) is 23.1 Å². The first kappa shape index (κ1) is 12.4. The third-order valence-corrected chi connectivity index (χ3v) is 5.89. The number of rotatable bonds is 4. The predicted molar refractivity (Wildman–Crippen MR) is 64.0 cm³/mol. The van der Waals surface area contributed by atoms with Crippen molar-refractivity contribution in [2.75, 3.05) is 13.7 Å². The maximum absolute atomic E-state index is 12.3. The summed E-state index contributed by atoms with van der Waals surface area (Å²) in [6, 6.07) is 4.79. The number of sulfone groups is 1. The average Bonchev–Trinajstić information content (AvgIpc) is 3.10. The van der Waals surface area contributed by atoms with Crippen LogP contribution < -0.4 is 4.74 Å². The molecule has 1 aromatic carbocycles. The molecule has 0 saturated heterocycles. The number of aryl methyl sites for hydroxylation is 1. The molecule has 94 valence electrons. The van der Waals surface area contributed by atoms with Gasteiger partial charge in [-0.05, 0) is 43.5 Å². The molecule has 5 heteroatoms. The molecule has 17 heavy (non-hydrogen) atoms. The molecule has 0 aromatic heterocycles. The number of hydrogen-bond donors (Lipinski definition) is 1. The summed E-state index contributed by atoms with van der Waals surface area (Å²) in [5.74, 6) is 0.665. The van der Waals surface area contributed by atoms with E-state index in [1.54, 1.807) is 26.2 Å². The van der Waals surface area contributed by atoms with E-state index in [-0.39, 0.29) is 11.5 Å². The van der Waals surface area contributed by atoms with Crippen LogP contribution in [0.25, 0.3) is 0 Å². The van der Waals surface area contributed by atoms with Crippen molar-refractivity contribution >= 4 is 9.84 Å². The van der Waals surface area contributed by atoms with Crippen LogP contribution in [0.5, 0.6) is 5.75 Å². The molecule has 0 bridgehead atoms. The molecular weight excluding hydrogens is 240 g/mol. The van der Waals surface area contributed by atoms with Crippen molar-refractivity contribution in [1.82, 2.24) is 0 Å².